The van der Waals surface area contributed by atoms with Crippen LogP contribution in [0.3, 0.4) is 0 Å². The highest BCUT2D eigenvalue weighted by Gasteiger charge is 2.37. The molecule has 100 valence electrons. The Labute approximate surface area is 111 Å². The van der Waals surface area contributed by atoms with Crippen LogP contribution in [0.1, 0.15) is 33.6 Å². The summed E-state index contributed by atoms with van der Waals surface area (Å²) in [5.41, 5.74) is 0. The topological polar surface area (TPSA) is 26.3 Å². The first kappa shape index (κ1) is 15.3. The van der Waals surface area contributed by atoms with Gasteiger partial charge >= 0.3 is 0 Å². The third-order valence-corrected chi connectivity index (χ3v) is 9.60. The SMILES string of the molecule is CC(C)(C)[Si](C)(C)OCCC1CCSCC1=O. The molecule has 0 spiro atoms. The lowest BCUT2D eigenvalue weighted by Gasteiger charge is -2.36. The molecule has 0 aromatic heterocycles. The van der Waals surface area contributed by atoms with E-state index in [0.29, 0.717) is 11.5 Å². The van der Waals surface area contributed by atoms with Crippen molar-refractivity contribution in [1.29, 1.82) is 0 Å². The number of ketones is 1. The Morgan fingerprint density at radius 3 is 2.59 bits per heavy atom. The van der Waals surface area contributed by atoms with Gasteiger partial charge in [-0.15, -0.1) is 0 Å². The molecular weight excluding hydrogens is 248 g/mol. The summed E-state index contributed by atoms with van der Waals surface area (Å²) in [5.74, 6) is 2.54. The molecule has 1 heterocycles. The number of carbonyl (C=O) groups excluding carboxylic acids is 1. The van der Waals surface area contributed by atoms with Crippen LogP contribution in [-0.4, -0.2) is 32.2 Å². The largest absolute Gasteiger partial charge is 0.417 e. The predicted molar refractivity (Wildman–Crippen MR) is 78.2 cm³/mol. The third kappa shape index (κ3) is 4.41. The van der Waals surface area contributed by atoms with Gasteiger partial charge in [0.15, 0.2) is 8.32 Å². The highest BCUT2D eigenvalue weighted by molar-refractivity contribution is 8.00. The van der Waals surface area contributed by atoms with E-state index in [0.717, 1.165) is 25.2 Å². The lowest BCUT2D eigenvalue weighted by atomic mass is 9.98. The van der Waals surface area contributed by atoms with E-state index in [2.05, 4.69) is 33.9 Å². The molecule has 17 heavy (non-hydrogen) atoms. The number of Topliss-reactive ketones (excluding diaryl/α,β-unsaturated/α-hetero) is 1. The quantitative estimate of drug-likeness (QED) is 0.731. The molecule has 0 N–H and O–H groups in total. The fourth-order valence-electron chi connectivity index (χ4n) is 1.66. The van der Waals surface area contributed by atoms with Gasteiger partial charge in [0.2, 0.25) is 0 Å². The Balaban J connectivity index is 2.34. The molecular formula is C13H26O2SSi. The normalized spacial score (nSPS) is 22.9. The molecule has 0 radical (unpaired) electrons. The van der Waals surface area contributed by atoms with Crippen LogP contribution in [0.5, 0.6) is 0 Å². The molecule has 0 aromatic carbocycles. The molecule has 4 heteroatoms. The molecule has 1 aliphatic heterocycles. The third-order valence-electron chi connectivity index (χ3n) is 4.05. The average Bonchev–Trinajstić information content (AvgIpc) is 2.19. The van der Waals surface area contributed by atoms with E-state index in [1.165, 1.54) is 0 Å². The van der Waals surface area contributed by atoms with Gasteiger partial charge in [0.05, 0.1) is 5.75 Å². The van der Waals surface area contributed by atoms with Gasteiger partial charge in [0, 0.05) is 12.5 Å². The zero-order valence-electron chi connectivity index (χ0n) is 11.8. The van der Waals surface area contributed by atoms with Gasteiger partial charge in [0.1, 0.15) is 5.78 Å². The van der Waals surface area contributed by atoms with Crippen LogP contribution < -0.4 is 0 Å². The Bertz CT molecular complexity index is 271. The fourth-order valence-corrected chi connectivity index (χ4v) is 3.75. The standard InChI is InChI=1S/C13H26O2SSi/c1-13(2,3)17(4,5)15-8-6-11-7-9-16-10-12(11)14/h11H,6-10H2,1-5H3. The van der Waals surface area contributed by atoms with E-state index in [1.807, 2.05) is 0 Å². The van der Waals surface area contributed by atoms with Crippen molar-refractivity contribution in [1.82, 2.24) is 0 Å². The van der Waals surface area contributed by atoms with E-state index in [1.54, 1.807) is 11.8 Å². The molecule has 0 bridgehead atoms. The maximum Gasteiger partial charge on any atom is 0.191 e. The predicted octanol–water partition coefficient (Wildman–Crippen LogP) is 3.72. The van der Waals surface area contributed by atoms with Crippen molar-refractivity contribution in [3.63, 3.8) is 0 Å². The van der Waals surface area contributed by atoms with Crippen LogP contribution in [0.15, 0.2) is 0 Å². The summed E-state index contributed by atoms with van der Waals surface area (Å²) in [4.78, 5) is 11.7. The molecule has 0 saturated carbocycles. The van der Waals surface area contributed by atoms with Gasteiger partial charge in [-0.1, -0.05) is 20.8 Å². The van der Waals surface area contributed by atoms with Crippen molar-refractivity contribution < 1.29 is 9.22 Å². The van der Waals surface area contributed by atoms with E-state index >= 15 is 0 Å². The molecule has 0 aromatic rings. The van der Waals surface area contributed by atoms with Crippen molar-refractivity contribution in [2.75, 3.05) is 18.1 Å². The van der Waals surface area contributed by atoms with Gasteiger partial charge in [-0.25, -0.2) is 0 Å². The zero-order valence-corrected chi connectivity index (χ0v) is 13.7. The Morgan fingerprint density at radius 2 is 2.06 bits per heavy atom. The highest BCUT2D eigenvalue weighted by atomic mass is 32.2. The van der Waals surface area contributed by atoms with Crippen molar-refractivity contribution in [3.05, 3.63) is 0 Å². The highest BCUT2D eigenvalue weighted by Crippen LogP contribution is 2.36. The van der Waals surface area contributed by atoms with E-state index in [9.17, 15) is 4.79 Å². The molecule has 1 atom stereocenters. The van der Waals surface area contributed by atoms with E-state index < -0.39 is 8.32 Å². The molecule has 0 aliphatic carbocycles. The summed E-state index contributed by atoms with van der Waals surface area (Å²) in [6, 6.07) is 0. The van der Waals surface area contributed by atoms with Crippen LogP contribution in [-0.2, 0) is 9.22 Å². The molecule has 1 unspecified atom stereocenters. The van der Waals surface area contributed by atoms with Crippen LogP contribution in [0.2, 0.25) is 18.1 Å². The molecule has 0 amide bonds. The molecule has 2 nitrogen and oxygen atoms in total. The number of hydrogen-bond donors (Lipinski definition) is 0. The van der Waals surface area contributed by atoms with Crippen LogP contribution >= 0.6 is 11.8 Å². The second-order valence-electron chi connectivity index (χ2n) is 6.40. The lowest BCUT2D eigenvalue weighted by molar-refractivity contribution is -0.121. The Hall–Kier alpha value is 0.197. The first-order valence-electron chi connectivity index (χ1n) is 6.48. The second kappa shape index (κ2) is 5.89. The minimum atomic E-state index is -1.63. The van der Waals surface area contributed by atoms with Gasteiger partial charge in [-0.2, -0.15) is 11.8 Å². The van der Waals surface area contributed by atoms with E-state index in [4.69, 9.17) is 4.43 Å². The Kier molecular flexibility index (Phi) is 5.29. The van der Waals surface area contributed by atoms with E-state index in [-0.39, 0.29) is 11.0 Å². The number of rotatable bonds is 4. The lowest BCUT2D eigenvalue weighted by Crippen LogP contribution is -2.41. The van der Waals surface area contributed by atoms with Gasteiger partial charge in [-0.3, -0.25) is 4.79 Å². The van der Waals surface area contributed by atoms with Gasteiger partial charge in [-0.05, 0) is 36.7 Å². The molecule has 1 aliphatic rings. The molecule has 1 saturated heterocycles. The number of hydrogen-bond acceptors (Lipinski definition) is 3. The zero-order chi connectivity index (χ0) is 13.1. The summed E-state index contributed by atoms with van der Waals surface area (Å²) in [6.45, 7) is 12.1. The van der Waals surface area contributed by atoms with Crippen LogP contribution in [0.4, 0.5) is 0 Å². The second-order valence-corrected chi connectivity index (χ2v) is 12.3. The first-order valence-corrected chi connectivity index (χ1v) is 10.5. The van der Waals surface area contributed by atoms with Crippen molar-refractivity contribution in [3.8, 4) is 0 Å². The summed E-state index contributed by atoms with van der Waals surface area (Å²) in [6.07, 6.45) is 1.97. The monoisotopic (exact) mass is 274 g/mol. The maximum atomic E-state index is 11.7. The fraction of sp³-hybridized carbons (Fsp3) is 0.923. The van der Waals surface area contributed by atoms with Crippen molar-refractivity contribution >= 4 is 25.9 Å². The summed E-state index contributed by atoms with van der Waals surface area (Å²) in [5, 5.41) is 0.263. The van der Waals surface area contributed by atoms with Crippen LogP contribution in [0.25, 0.3) is 0 Å². The summed E-state index contributed by atoms with van der Waals surface area (Å²) in [7, 11) is -1.63. The minimum absolute atomic E-state index is 0.263. The van der Waals surface area contributed by atoms with Crippen molar-refractivity contribution in [2.45, 2.75) is 51.7 Å². The van der Waals surface area contributed by atoms with Crippen LogP contribution in [0, 0.1) is 5.92 Å². The maximum absolute atomic E-state index is 11.7. The summed E-state index contributed by atoms with van der Waals surface area (Å²) >= 11 is 1.77. The number of carbonyl (C=O) groups is 1. The average molecular weight is 275 g/mol. The van der Waals surface area contributed by atoms with Gasteiger partial charge in [0.25, 0.3) is 0 Å². The molecule has 1 rings (SSSR count). The first-order chi connectivity index (χ1) is 7.74. The molecule has 1 fully saturated rings. The van der Waals surface area contributed by atoms with Crippen molar-refractivity contribution in [2.24, 2.45) is 5.92 Å². The summed E-state index contributed by atoms with van der Waals surface area (Å²) < 4.78 is 6.12. The Morgan fingerprint density at radius 1 is 1.41 bits per heavy atom. The smallest absolute Gasteiger partial charge is 0.191 e. The minimum Gasteiger partial charge on any atom is -0.417 e. The number of thioether (sulfide) groups is 1. The van der Waals surface area contributed by atoms with Gasteiger partial charge < -0.3 is 4.43 Å².